The van der Waals surface area contributed by atoms with Crippen molar-refractivity contribution in [3.8, 4) is 0 Å². The van der Waals surface area contributed by atoms with Gasteiger partial charge < -0.3 is 10.1 Å². The van der Waals surface area contributed by atoms with E-state index in [0.29, 0.717) is 6.54 Å². The van der Waals surface area contributed by atoms with Crippen LogP contribution in [-0.2, 0) is 9.53 Å². The van der Waals surface area contributed by atoms with Crippen molar-refractivity contribution in [2.45, 2.75) is 13.0 Å². The molecule has 0 bridgehead atoms. The van der Waals surface area contributed by atoms with E-state index in [1.165, 1.54) is 7.11 Å². The van der Waals surface area contributed by atoms with Gasteiger partial charge in [0.05, 0.1) is 7.11 Å². The van der Waals surface area contributed by atoms with Crippen molar-refractivity contribution < 1.29 is 9.53 Å². The van der Waals surface area contributed by atoms with E-state index >= 15 is 0 Å². The molecule has 3 nitrogen and oxygen atoms in total. The number of hydrogen-bond acceptors (Lipinski definition) is 3. The number of ether oxygens (including phenoxy) is 1. The Morgan fingerprint density at radius 2 is 2.33 bits per heavy atom. The summed E-state index contributed by atoms with van der Waals surface area (Å²) in [6.45, 7) is 2.67. The van der Waals surface area contributed by atoms with Gasteiger partial charge in [0.1, 0.15) is 6.04 Å². The maximum atomic E-state index is 11.5. The molecule has 0 fully saturated rings. The fourth-order valence-corrected chi connectivity index (χ4v) is 1.76. The first kappa shape index (κ1) is 12.2. The Bertz CT molecular complexity index is 341. The molecule has 0 amide bonds. The lowest BCUT2D eigenvalue weighted by Crippen LogP contribution is -2.29. The van der Waals surface area contributed by atoms with E-state index in [1.54, 1.807) is 0 Å². The van der Waals surface area contributed by atoms with Gasteiger partial charge in [0.25, 0.3) is 0 Å². The molecule has 0 radical (unpaired) electrons. The van der Waals surface area contributed by atoms with Crippen LogP contribution in [0, 0.1) is 0 Å². The highest BCUT2D eigenvalue weighted by atomic mass is 79.9. The SMILES string of the molecule is CCNC(C(=O)OC)c1cccc(Br)c1. The van der Waals surface area contributed by atoms with Crippen LogP contribution in [0.25, 0.3) is 0 Å². The number of nitrogens with one attached hydrogen (secondary N) is 1. The highest BCUT2D eigenvalue weighted by molar-refractivity contribution is 9.10. The largest absolute Gasteiger partial charge is 0.468 e. The molecule has 0 saturated carbocycles. The molecular formula is C11H14BrNO2. The zero-order valence-corrected chi connectivity index (χ0v) is 10.4. The maximum Gasteiger partial charge on any atom is 0.327 e. The van der Waals surface area contributed by atoms with Gasteiger partial charge in [-0.2, -0.15) is 0 Å². The zero-order chi connectivity index (χ0) is 11.3. The topological polar surface area (TPSA) is 38.3 Å². The average molecular weight is 272 g/mol. The fraction of sp³-hybridized carbons (Fsp3) is 0.364. The van der Waals surface area contributed by atoms with Crippen LogP contribution >= 0.6 is 15.9 Å². The van der Waals surface area contributed by atoms with Gasteiger partial charge in [-0.1, -0.05) is 35.0 Å². The van der Waals surface area contributed by atoms with Crippen molar-refractivity contribution >= 4 is 21.9 Å². The van der Waals surface area contributed by atoms with E-state index in [2.05, 4.69) is 21.2 Å². The highest BCUT2D eigenvalue weighted by Gasteiger charge is 2.19. The Hall–Kier alpha value is -0.870. The van der Waals surface area contributed by atoms with Crippen LogP contribution in [0.4, 0.5) is 0 Å². The Labute approximate surface area is 97.9 Å². The quantitative estimate of drug-likeness (QED) is 0.854. The summed E-state index contributed by atoms with van der Waals surface area (Å²) in [5, 5.41) is 3.08. The van der Waals surface area contributed by atoms with Gasteiger partial charge in [-0.3, -0.25) is 0 Å². The summed E-state index contributed by atoms with van der Waals surface area (Å²) in [6.07, 6.45) is 0. The molecule has 1 unspecified atom stereocenters. The van der Waals surface area contributed by atoms with Gasteiger partial charge in [-0.25, -0.2) is 4.79 Å². The fourth-order valence-electron chi connectivity index (χ4n) is 1.35. The van der Waals surface area contributed by atoms with Crippen LogP contribution in [0.5, 0.6) is 0 Å². The third kappa shape index (κ3) is 3.32. The monoisotopic (exact) mass is 271 g/mol. The number of likely N-dealkylation sites (N-methyl/N-ethyl adjacent to an activating group) is 1. The van der Waals surface area contributed by atoms with Gasteiger partial charge in [0, 0.05) is 4.47 Å². The molecule has 0 aliphatic heterocycles. The lowest BCUT2D eigenvalue weighted by Gasteiger charge is -2.15. The molecule has 1 atom stereocenters. The third-order valence-electron chi connectivity index (χ3n) is 2.03. The van der Waals surface area contributed by atoms with E-state index in [0.717, 1.165) is 10.0 Å². The highest BCUT2D eigenvalue weighted by Crippen LogP contribution is 2.19. The number of esters is 1. The van der Waals surface area contributed by atoms with Crippen LogP contribution in [0.3, 0.4) is 0 Å². The molecule has 1 aromatic rings. The molecule has 1 N–H and O–H groups in total. The van der Waals surface area contributed by atoms with Crippen LogP contribution in [-0.4, -0.2) is 19.6 Å². The molecule has 0 aliphatic rings. The minimum absolute atomic E-state index is 0.269. The second-order valence-corrected chi connectivity index (χ2v) is 3.98. The Morgan fingerprint density at radius 1 is 1.60 bits per heavy atom. The summed E-state index contributed by atoms with van der Waals surface area (Å²) in [7, 11) is 1.39. The molecule has 4 heteroatoms. The van der Waals surface area contributed by atoms with E-state index in [1.807, 2.05) is 31.2 Å². The molecule has 82 valence electrons. The van der Waals surface area contributed by atoms with Crippen molar-refractivity contribution in [3.05, 3.63) is 34.3 Å². The first-order valence-corrected chi connectivity index (χ1v) is 5.55. The number of carbonyl (C=O) groups excluding carboxylic acids is 1. The maximum absolute atomic E-state index is 11.5. The molecular weight excluding hydrogens is 258 g/mol. The Kier molecular flexibility index (Phi) is 4.78. The van der Waals surface area contributed by atoms with Gasteiger partial charge in [0.15, 0.2) is 0 Å². The van der Waals surface area contributed by atoms with Gasteiger partial charge in [0.2, 0.25) is 0 Å². The van der Waals surface area contributed by atoms with Gasteiger partial charge >= 0.3 is 5.97 Å². The van der Waals surface area contributed by atoms with Crippen LogP contribution < -0.4 is 5.32 Å². The average Bonchev–Trinajstić information content (AvgIpc) is 2.25. The van der Waals surface area contributed by atoms with Crippen LogP contribution in [0.15, 0.2) is 28.7 Å². The van der Waals surface area contributed by atoms with Gasteiger partial charge in [-0.05, 0) is 24.2 Å². The molecule has 1 aromatic carbocycles. The van der Waals surface area contributed by atoms with Crippen molar-refractivity contribution in [2.75, 3.05) is 13.7 Å². The predicted octanol–water partition coefficient (Wildman–Crippen LogP) is 2.27. The van der Waals surface area contributed by atoms with Crippen molar-refractivity contribution in [2.24, 2.45) is 0 Å². The number of rotatable bonds is 4. The van der Waals surface area contributed by atoms with Crippen molar-refractivity contribution in [3.63, 3.8) is 0 Å². The number of benzene rings is 1. The number of carbonyl (C=O) groups is 1. The molecule has 0 aliphatic carbocycles. The molecule has 0 spiro atoms. The number of methoxy groups -OCH3 is 1. The van der Waals surface area contributed by atoms with Crippen molar-refractivity contribution in [1.82, 2.24) is 5.32 Å². The van der Waals surface area contributed by atoms with Crippen molar-refractivity contribution in [1.29, 1.82) is 0 Å². The lowest BCUT2D eigenvalue weighted by molar-refractivity contribution is -0.143. The smallest absolute Gasteiger partial charge is 0.327 e. The zero-order valence-electron chi connectivity index (χ0n) is 8.79. The normalized spacial score (nSPS) is 12.2. The molecule has 0 heterocycles. The van der Waals surface area contributed by atoms with Crippen LogP contribution in [0.1, 0.15) is 18.5 Å². The first-order valence-electron chi connectivity index (χ1n) is 4.75. The third-order valence-corrected chi connectivity index (χ3v) is 2.52. The van der Waals surface area contributed by atoms with E-state index in [9.17, 15) is 4.79 Å². The summed E-state index contributed by atoms with van der Waals surface area (Å²) in [4.78, 5) is 11.5. The van der Waals surface area contributed by atoms with E-state index in [4.69, 9.17) is 4.74 Å². The van der Waals surface area contributed by atoms with Crippen LogP contribution in [0.2, 0.25) is 0 Å². The molecule has 15 heavy (non-hydrogen) atoms. The summed E-state index contributed by atoms with van der Waals surface area (Å²) >= 11 is 3.37. The minimum atomic E-state index is -0.391. The summed E-state index contributed by atoms with van der Waals surface area (Å²) < 4.78 is 5.69. The molecule has 1 rings (SSSR count). The van der Waals surface area contributed by atoms with E-state index in [-0.39, 0.29) is 5.97 Å². The Balaban J connectivity index is 2.93. The first-order chi connectivity index (χ1) is 7.19. The molecule has 0 saturated heterocycles. The number of halogens is 1. The summed E-state index contributed by atoms with van der Waals surface area (Å²) in [5.74, 6) is -0.269. The van der Waals surface area contributed by atoms with Gasteiger partial charge in [-0.15, -0.1) is 0 Å². The Morgan fingerprint density at radius 3 is 2.87 bits per heavy atom. The minimum Gasteiger partial charge on any atom is -0.468 e. The second kappa shape index (κ2) is 5.88. The number of hydrogen-bond donors (Lipinski definition) is 1. The lowest BCUT2D eigenvalue weighted by atomic mass is 10.1. The summed E-state index contributed by atoms with van der Waals surface area (Å²) in [6, 6.07) is 7.23. The second-order valence-electron chi connectivity index (χ2n) is 3.07. The van der Waals surface area contributed by atoms with E-state index < -0.39 is 6.04 Å². The predicted molar refractivity (Wildman–Crippen MR) is 62.6 cm³/mol. The standard InChI is InChI=1S/C11H14BrNO2/c1-3-13-10(11(14)15-2)8-5-4-6-9(12)7-8/h4-7,10,13H,3H2,1-2H3. The summed E-state index contributed by atoms with van der Waals surface area (Å²) in [5.41, 5.74) is 0.901. The molecule has 0 aromatic heterocycles.